The van der Waals surface area contributed by atoms with Crippen molar-refractivity contribution in [3.63, 3.8) is 0 Å². The highest BCUT2D eigenvalue weighted by molar-refractivity contribution is 6.06. The summed E-state index contributed by atoms with van der Waals surface area (Å²) >= 11 is 0. The van der Waals surface area contributed by atoms with Crippen LogP contribution in [-0.2, 0) is 5.41 Å². The van der Waals surface area contributed by atoms with Crippen LogP contribution in [0.3, 0.4) is 0 Å². The van der Waals surface area contributed by atoms with Gasteiger partial charge in [0.25, 0.3) is 0 Å². The molecule has 3 heteroatoms. The maximum Gasteiger partial charge on any atom is 0.160 e. The molecule has 0 saturated heterocycles. The Morgan fingerprint density at radius 2 is 1.04 bits per heavy atom. The maximum absolute atomic E-state index is 6.31. The van der Waals surface area contributed by atoms with Crippen LogP contribution < -0.4 is 0 Å². The topological polar surface area (TPSA) is 38.9 Å². The van der Waals surface area contributed by atoms with Gasteiger partial charge in [-0.1, -0.05) is 152 Å². The van der Waals surface area contributed by atoms with E-state index >= 15 is 0 Å². The lowest BCUT2D eigenvalue weighted by molar-refractivity contribution is 0.669. The fraction of sp³-hybridized carbons (Fsp3) is 0.0417. The van der Waals surface area contributed by atoms with E-state index in [0.29, 0.717) is 5.82 Å². The van der Waals surface area contributed by atoms with Gasteiger partial charge in [-0.15, -0.1) is 0 Å². The second kappa shape index (κ2) is 11.5. The molecule has 2 aromatic heterocycles. The first-order valence-electron chi connectivity index (χ1n) is 17.4. The minimum Gasteiger partial charge on any atom is -0.456 e. The molecule has 10 rings (SSSR count). The smallest absolute Gasteiger partial charge is 0.160 e. The van der Waals surface area contributed by atoms with Gasteiger partial charge in [0.15, 0.2) is 5.82 Å². The van der Waals surface area contributed by atoms with E-state index in [4.69, 9.17) is 14.4 Å². The summed E-state index contributed by atoms with van der Waals surface area (Å²) in [5.41, 5.74) is 14.8. The van der Waals surface area contributed by atoms with Crippen LogP contribution in [0.2, 0.25) is 0 Å². The second-order valence-electron chi connectivity index (χ2n) is 13.4. The Balaban J connectivity index is 1.20. The van der Waals surface area contributed by atoms with E-state index in [1.807, 2.05) is 30.3 Å². The number of rotatable bonds is 5. The van der Waals surface area contributed by atoms with Crippen molar-refractivity contribution < 1.29 is 4.42 Å². The summed E-state index contributed by atoms with van der Waals surface area (Å²) in [6, 6.07) is 62.1. The SMILES string of the molecule is CC1(c2ccccc2)c2ccccc2-c2c(-c3cc(-c4ccccc4-c4ccc5c(c4)oc4ccccc45)nc(-c4ccccc4)n3)cccc21. The zero-order valence-corrected chi connectivity index (χ0v) is 28.0. The Kier molecular flexibility index (Phi) is 6.62. The molecule has 3 nitrogen and oxygen atoms in total. The van der Waals surface area contributed by atoms with Gasteiger partial charge in [0.05, 0.1) is 11.4 Å². The van der Waals surface area contributed by atoms with Gasteiger partial charge < -0.3 is 4.42 Å². The first-order chi connectivity index (χ1) is 25.2. The summed E-state index contributed by atoms with van der Waals surface area (Å²) in [7, 11) is 0. The summed E-state index contributed by atoms with van der Waals surface area (Å²) in [5.74, 6) is 0.695. The van der Waals surface area contributed by atoms with Gasteiger partial charge in [-0.2, -0.15) is 0 Å². The summed E-state index contributed by atoms with van der Waals surface area (Å²) in [5, 5.41) is 2.24. The molecule has 7 aromatic carbocycles. The lowest BCUT2D eigenvalue weighted by Gasteiger charge is -2.28. The van der Waals surface area contributed by atoms with E-state index < -0.39 is 0 Å². The molecule has 9 aromatic rings. The monoisotopic (exact) mass is 652 g/mol. The van der Waals surface area contributed by atoms with E-state index in [2.05, 4.69) is 153 Å². The third kappa shape index (κ3) is 4.59. The van der Waals surface area contributed by atoms with E-state index in [1.54, 1.807) is 0 Å². The van der Waals surface area contributed by atoms with E-state index in [9.17, 15) is 0 Å². The number of nitrogens with zero attached hydrogens (tertiary/aromatic N) is 2. The molecule has 1 unspecified atom stereocenters. The fourth-order valence-electron chi connectivity index (χ4n) is 8.13. The fourth-order valence-corrected chi connectivity index (χ4v) is 8.13. The molecule has 0 spiro atoms. The molecule has 1 aliphatic carbocycles. The highest BCUT2D eigenvalue weighted by Gasteiger charge is 2.41. The molecule has 0 bridgehead atoms. The second-order valence-corrected chi connectivity index (χ2v) is 13.4. The van der Waals surface area contributed by atoms with Crippen LogP contribution >= 0.6 is 0 Å². The molecular weight excluding hydrogens is 621 g/mol. The number of hydrogen-bond donors (Lipinski definition) is 0. The van der Waals surface area contributed by atoms with Gasteiger partial charge in [0, 0.05) is 32.9 Å². The number of fused-ring (bicyclic) bond motifs is 6. The van der Waals surface area contributed by atoms with Gasteiger partial charge in [-0.25, -0.2) is 9.97 Å². The molecule has 240 valence electrons. The van der Waals surface area contributed by atoms with Gasteiger partial charge in [0.1, 0.15) is 11.2 Å². The Morgan fingerprint density at radius 1 is 0.431 bits per heavy atom. The zero-order chi connectivity index (χ0) is 33.9. The summed E-state index contributed by atoms with van der Waals surface area (Å²) in [6.45, 7) is 2.35. The first-order valence-corrected chi connectivity index (χ1v) is 17.4. The van der Waals surface area contributed by atoms with Crippen molar-refractivity contribution in [2.75, 3.05) is 0 Å². The Hall–Kier alpha value is -6.58. The van der Waals surface area contributed by atoms with Crippen molar-refractivity contribution in [3.05, 3.63) is 193 Å². The molecule has 51 heavy (non-hydrogen) atoms. The lowest BCUT2D eigenvalue weighted by Crippen LogP contribution is -2.22. The summed E-state index contributed by atoms with van der Waals surface area (Å²) in [4.78, 5) is 10.6. The van der Waals surface area contributed by atoms with Crippen molar-refractivity contribution >= 4 is 21.9 Å². The highest BCUT2D eigenvalue weighted by atomic mass is 16.3. The molecule has 2 heterocycles. The predicted molar refractivity (Wildman–Crippen MR) is 208 cm³/mol. The van der Waals surface area contributed by atoms with Crippen molar-refractivity contribution in [2.24, 2.45) is 0 Å². The minimum absolute atomic E-state index is 0.302. The number of para-hydroxylation sites is 1. The first kappa shape index (κ1) is 29.3. The Morgan fingerprint density at radius 3 is 1.86 bits per heavy atom. The molecule has 1 atom stereocenters. The third-order valence-corrected chi connectivity index (χ3v) is 10.6. The largest absolute Gasteiger partial charge is 0.456 e. The molecule has 0 radical (unpaired) electrons. The van der Waals surface area contributed by atoms with Crippen LogP contribution in [-0.4, -0.2) is 9.97 Å². The van der Waals surface area contributed by atoms with Crippen molar-refractivity contribution in [1.82, 2.24) is 9.97 Å². The minimum atomic E-state index is -0.302. The van der Waals surface area contributed by atoms with E-state index in [0.717, 1.165) is 61.1 Å². The van der Waals surface area contributed by atoms with Crippen LogP contribution in [0.5, 0.6) is 0 Å². The Labute approximate surface area is 296 Å². The van der Waals surface area contributed by atoms with Gasteiger partial charge in [0.2, 0.25) is 0 Å². The van der Waals surface area contributed by atoms with Crippen molar-refractivity contribution in [2.45, 2.75) is 12.3 Å². The van der Waals surface area contributed by atoms with Gasteiger partial charge in [-0.05, 0) is 70.1 Å². The van der Waals surface area contributed by atoms with Crippen molar-refractivity contribution in [3.8, 4) is 56.2 Å². The van der Waals surface area contributed by atoms with Crippen LogP contribution in [0.4, 0.5) is 0 Å². The number of furan rings is 1. The molecule has 0 N–H and O–H groups in total. The quantitative estimate of drug-likeness (QED) is 0.186. The average molecular weight is 653 g/mol. The molecule has 0 aliphatic heterocycles. The lowest BCUT2D eigenvalue weighted by atomic mass is 9.74. The normalized spacial score (nSPS) is 14.8. The van der Waals surface area contributed by atoms with Gasteiger partial charge in [-0.3, -0.25) is 0 Å². The molecule has 0 saturated carbocycles. The number of hydrogen-bond acceptors (Lipinski definition) is 3. The van der Waals surface area contributed by atoms with Crippen LogP contribution in [0, 0.1) is 0 Å². The highest BCUT2D eigenvalue weighted by Crippen LogP contribution is 2.55. The molecule has 0 amide bonds. The summed E-state index contributed by atoms with van der Waals surface area (Å²) < 4.78 is 6.31. The van der Waals surface area contributed by atoms with Crippen LogP contribution in [0.1, 0.15) is 23.6 Å². The van der Waals surface area contributed by atoms with Gasteiger partial charge >= 0.3 is 0 Å². The van der Waals surface area contributed by atoms with E-state index in [-0.39, 0.29) is 5.41 Å². The predicted octanol–water partition coefficient (Wildman–Crippen LogP) is 12.4. The molecule has 0 fully saturated rings. The van der Waals surface area contributed by atoms with Crippen LogP contribution in [0.15, 0.2) is 180 Å². The average Bonchev–Trinajstić information content (AvgIpc) is 3.71. The van der Waals surface area contributed by atoms with E-state index in [1.165, 1.54) is 27.8 Å². The number of benzene rings is 7. The standard InChI is InChI=1S/C48H32N2O/c1-48(33-17-6-3-7-18-33)40-24-12-10-22-38(40)46-39(23-14-25-41(46)48)43-30-42(49-47(50-43)31-15-4-2-5-16-31)35-20-9-8-19-34(35)32-27-28-37-36-21-11-13-26-44(36)51-45(37)29-32/h2-30H,1H3. The Bertz CT molecular complexity index is 2760. The summed E-state index contributed by atoms with van der Waals surface area (Å²) in [6.07, 6.45) is 0. The maximum atomic E-state index is 6.31. The number of aromatic nitrogens is 2. The molecular formula is C48H32N2O. The zero-order valence-electron chi connectivity index (χ0n) is 28.0. The third-order valence-electron chi connectivity index (χ3n) is 10.6. The van der Waals surface area contributed by atoms with Crippen molar-refractivity contribution in [1.29, 1.82) is 0 Å². The van der Waals surface area contributed by atoms with Crippen LogP contribution in [0.25, 0.3) is 78.1 Å². The molecule has 1 aliphatic rings.